The van der Waals surface area contributed by atoms with Gasteiger partial charge in [0.2, 0.25) is 0 Å². The Morgan fingerprint density at radius 3 is 2.82 bits per heavy atom. The Bertz CT molecular complexity index is 468. The van der Waals surface area contributed by atoms with Gasteiger partial charge in [-0.25, -0.2) is 9.18 Å². The van der Waals surface area contributed by atoms with E-state index in [1.807, 2.05) is 6.07 Å². The maximum Gasteiger partial charge on any atom is 0.337 e. The molecule has 0 fully saturated rings. The normalized spacial score (nSPS) is 11.6. The van der Waals surface area contributed by atoms with Gasteiger partial charge in [0.15, 0.2) is 0 Å². The van der Waals surface area contributed by atoms with E-state index in [4.69, 9.17) is 10.4 Å². The molecule has 17 heavy (non-hydrogen) atoms. The Balaban J connectivity index is 3.20. The summed E-state index contributed by atoms with van der Waals surface area (Å²) in [6.07, 6.45) is 0.198. The summed E-state index contributed by atoms with van der Waals surface area (Å²) in [6.45, 7) is 1.74. The van der Waals surface area contributed by atoms with Crippen LogP contribution in [0.4, 0.5) is 10.1 Å². The summed E-state index contributed by atoms with van der Waals surface area (Å²) >= 11 is 0. The Labute approximate surface area is 98.9 Å². The van der Waals surface area contributed by atoms with Gasteiger partial charge in [-0.2, -0.15) is 5.26 Å². The number of hydrogen-bond donors (Lipinski definition) is 1. The third-order valence-electron chi connectivity index (χ3n) is 2.62. The van der Waals surface area contributed by atoms with Crippen molar-refractivity contribution in [1.82, 2.24) is 0 Å². The van der Waals surface area contributed by atoms with Crippen LogP contribution in [0.2, 0.25) is 0 Å². The first-order valence-corrected chi connectivity index (χ1v) is 5.10. The molecule has 0 amide bonds. The fourth-order valence-electron chi connectivity index (χ4n) is 1.54. The quantitative estimate of drug-likeness (QED) is 0.870. The largest absolute Gasteiger partial charge is 0.478 e. The second-order valence-electron chi connectivity index (χ2n) is 3.76. The molecule has 1 N–H and O–H groups in total. The molecule has 0 saturated carbocycles. The number of carboxylic acids is 1. The maximum atomic E-state index is 13.7. The van der Waals surface area contributed by atoms with E-state index in [-0.39, 0.29) is 23.7 Å². The number of halogens is 1. The zero-order chi connectivity index (χ0) is 13.0. The van der Waals surface area contributed by atoms with E-state index in [2.05, 4.69) is 0 Å². The molecule has 5 heteroatoms. The molecule has 0 aromatic heterocycles. The number of nitriles is 1. The van der Waals surface area contributed by atoms with Crippen LogP contribution >= 0.6 is 0 Å². The molecule has 1 atom stereocenters. The van der Waals surface area contributed by atoms with Gasteiger partial charge in [0.25, 0.3) is 0 Å². The monoisotopic (exact) mass is 236 g/mol. The van der Waals surface area contributed by atoms with Crippen LogP contribution < -0.4 is 4.90 Å². The number of rotatable bonds is 4. The zero-order valence-corrected chi connectivity index (χ0v) is 9.64. The highest BCUT2D eigenvalue weighted by Crippen LogP contribution is 2.25. The van der Waals surface area contributed by atoms with E-state index >= 15 is 0 Å². The van der Waals surface area contributed by atoms with Crippen molar-refractivity contribution < 1.29 is 14.3 Å². The molecular formula is C12H13FN2O2. The molecule has 0 saturated heterocycles. The zero-order valence-electron chi connectivity index (χ0n) is 9.64. The Kier molecular flexibility index (Phi) is 4.05. The first-order valence-electron chi connectivity index (χ1n) is 5.10. The standard InChI is InChI=1S/C12H13FN2O2/c1-8(6-7-14)15(2)11-9(12(16)17)4-3-5-10(11)13/h3-5,8H,6H2,1-2H3,(H,16,17). The van der Waals surface area contributed by atoms with Crippen molar-refractivity contribution in [2.75, 3.05) is 11.9 Å². The van der Waals surface area contributed by atoms with Crippen LogP contribution in [0.25, 0.3) is 0 Å². The van der Waals surface area contributed by atoms with Gasteiger partial charge in [-0.3, -0.25) is 0 Å². The van der Waals surface area contributed by atoms with Crippen LogP contribution in [0.15, 0.2) is 18.2 Å². The van der Waals surface area contributed by atoms with Gasteiger partial charge < -0.3 is 10.0 Å². The van der Waals surface area contributed by atoms with Crippen molar-refractivity contribution in [3.63, 3.8) is 0 Å². The lowest BCUT2D eigenvalue weighted by molar-refractivity contribution is 0.0697. The Morgan fingerprint density at radius 1 is 1.65 bits per heavy atom. The number of para-hydroxylation sites is 1. The van der Waals surface area contributed by atoms with E-state index < -0.39 is 11.8 Å². The molecule has 0 heterocycles. The van der Waals surface area contributed by atoms with Crippen LogP contribution in [-0.2, 0) is 0 Å². The summed E-state index contributed by atoms with van der Waals surface area (Å²) in [7, 11) is 1.58. The molecule has 0 aliphatic rings. The molecule has 0 radical (unpaired) electrons. The fraction of sp³-hybridized carbons (Fsp3) is 0.333. The summed E-state index contributed by atoms with van der Waals surface area (Å²) in [5.74, 6) is -1.78. The van der Waals surface area contributed by atoms with E-state index in [0.29, 0.717) is 0 Å². The number of anilines is 1. The summed E-state index contributed by atoms with van der Waals surface area (Å²) in [5.41, 5.74) is -0.0833. The average molecular weight is 236 g/mol. The number of aromatic carboxylic acids is 1. The molecule has 0 bridgehead atoms. The number of nitrogens with zero attached hydrogens (tertiary/aromatic N) is 2. The Morgan fingerprint density at radius 2 is 2.29 bits per heavy atom. The van der Waals surface area contributed by atoms with Gasteiger partial charge in [0.1, 0.15) is 5.82 Å². The highest BCUT2D eigenvalue weighted by molar-refractivity contribution is 5.94. The number of carbonyl (C=O) groups is 1. The lowest BCUT2D eigenvalue weighted by atomic mass is 10.1. The van der Waals surface area contributed by atoms with Gasteiger partial charge in [0.05, 0.1) is 23.7 Å². The minimum atomic E-state index is -1.18. The SMILES string of the molecule is CC(CC#N)N(C)c1c(F)cccc1C(=O)O. The van der Waals surface area contributed by atoms with Crippen LogP contribution in [-0.4, -0.2) is 24.2 Å². The Hall–Kier alpha value is -2.09. The average Bonchev–Trinajstić information content (AvgIpc) is 2.28. The van der Waals surface area contributed by atoms with Gasteiger partial charge in [-0.05, 0) is 19.1 Å². The maximum absolute atomic E-state index is 13.7. The molecule has 1 aromatic rings. The minimum absolute atomic E-state index is 0.0164. The number of hydrogen-bond acceptors (Lipinski definition) is 3. The molecule has 4 nitrogen and oxygen atoms in total. The fourth-order valence-corrected chi connectivity index (χ4v) is 1.54. The topological polar surface area (TPSA) is 64.3 Å². The third-order valence-corrected chi connectivity index (χ3v) is 2.62. The molecular weight excluding hydrogens is 223 g/mol. The predicted octanol–water partition coefficient (Wildman–Crippen LogP) is 2.26. The van der Waals surface area contributed by atoms with Crippen LogP contribution in [0.1, 0.15) is 23.7 Å². The molecule has 1 unspecified atom stereocenters. The highest BCUT2D eigenvalue weighted by Gasteiger charge is 2.20. The molecule has 1 aromatic carbocycles. The van der Waals surface area contributed by atoms with Crippen LogP contribution in [0, 0.1) is 17.1 Å². The van der Waals surface area contributed by atoms with Gasteiger partial charge in [-0.15, -0.1) is 0 Å². The van der Waals surface area contributed by atoms with Crippen molar-refractivity contribution in [2.24, 2.45) is 0 Å². The third kappa shape index (κ3) is 2.72. The molecule has 90 valence electrons. The summed E-state index contributed by atoms with van der Waals surface area (Å²) < 4.78 is 13.7. The van der Waals surface area contributed by atoms with Gasteiger partial charge >= 0.3 is 5.97 Å². The van der Waals surface area contributed by atoms with Crippen molar-refractivity contribution in [1.29, 1.82) is 5.26 Å². The second kappa shape index (κ2) is 5.30. The lowest BCUT2D eigenvalue weighted by Gasteiger charge is -2.26. The number of benzene rings is 1. The lowest BCUT2D eigenvalue weighted by Crippen LogP contribution is -2.30. The first-order chi connectivity index (χ1) is 7.99. The smallest absolute Gasteiger partial charge is 0.337 e. The number of carboxylic acid groups (broad SMARTS) is 1. The predicted molar refractivity (Wildman–Crippen MR) is 61.5 cm³/mol. The molecule has 0 aliphatic carbocycles. The van der Waals surface area contributed by atoms with Crippen molar-refractivity contribution in [3.8, 4) is 6.07 Å². The van der Waals surface area contributed by atoms with Crippen molar-refractivity contribution in [3.05, 3.63) is 29.6 Å². The first kappa shape index (κ1) is 13.0. The van der Waals surface area contributed by atoms with E-state index in [1.165, 1.54) is 23.1 Å². The van der Waals surface area contributed by atoms with E-state index in [0.717, 1.165) is 0 Å². The summed E-state index contributed by atoms with van der Waals surface area (Å²) in [5, 5.41) is 17.6. The minimum Gasteiger partial charge on any atom is -0.478 e. The van der Waals surface area contributed by atoms with Gasteiger partial charge in [-0.1, -0.05) is 6.07 Å². The van der Waals surface area contributed by atoms with Crippen LogP contribution in [0.5, 0.6) is 0 Å². The highest BCUT2D eigenvalue weighted by atomic mass is 19.1. The molecule has 0 aliphatic heterocycles. The summed E-state index contributed by atoms with van der Waals surface area (Å²) in [6, 6.07) is 5.62. The molecule has 1 rings (SSSR count). The summed E-state index contributed by atoms with van der Waals surface area (Å²) in [4.78, 5) is 12.5. The molecule has 0 spiro atoms. The van der Waals surface area contributed by atoms with Crippen LogP contribution in [0.3, 0.4) is 0 Å². The van der Waals surface area contributed by atoms with Crippen molar-refractivity contribution in [2.45, 2.75) is 19.4 Å². The second-order valence-corrected chi connectivity index (χ2v) is 3.76. The van der Waals surface area contributed by atoms with E-state index in [9.17, 15) is 9.18 Å². The van der Waals surface area contributed by atoms with E-state index in [1.54, 1.807) is 14.0 Å². The van der Waals surface area contributed by atoms with Crippen molar-refractivity contribution >= 4 is 11.7 Å². The van der Waals surface area contributed by atoms with Gasteiger partial charge in [0, 0.05) is 13.1 Å².